The molecule has 0 radical (unpaired) electrons. The molecule has 6 nitrogen and oxygen atoms in total. The first-order chi connectivity index (χ1) is 11.6. The highest BCUT2D eigenvalue weighted by Gasteiger charge is 2.48. The predicted molar refractivity (Wildman–Crippen MR) is 96.6 cm³/mol. The Kier molecular flexibility index (Phi) is 7.94. The van der Waals surface area contributed by atoms with E-state index in [1.807, 2.05) is 13.8 Å². The lowest BCUT2D eigenvalue weighted by Crippen LogP contribution is -2.28. The molecule has 1 N–H and O–H groups in total. The maximum Gasteiger partial charge on any atom is 0.534 e. The molecular weight excluding hydrogens is 409 g/mol. The highest BCUT2D eigenvalue weighted by molar-refractivity contribution is 7.88. The van der Waals surface area contributed by atoms with E-state index in [1.165, 1.54) is 12.1 Å². The van der Waals surface area contributed by atoms with E-state index in [4.69, 9.17) is 4.55 Å². The molecule has 0 unspecified atom stereocenters. The minimum atomic E-state index is -5.63. The van der Waals surface area contributed by atoms with Crippen LogP contribution in [-0.4, -0.2) is 33.2 Å². The number of halogens is 3. The lowest BCUT2D eigenvalue weighted by molar-refractivity contribution is -0.0500. The van der Waals surface area contributed by atoms with Crippen LogP contribution in [0.2, 0.25) is 0 Å². The van der Waals surface area contributed by atoms with Crippen LogP contribution in [0.1, 0.15) is 46.6 Å². The Balaban J connectivity index is 0.00000119. The van der Waals surface area contributed by atoms with Crippen LogP contribution < -0.4 is 4.18 Å². The first-order valence-electron chi connectivity index (χ1n) is 7.68. The Bertz CT molecular complexity index is 810. The summed E-state index contributed by atoms with van der Waals surface area (Å²) in [5, 5.41) is 0. The van der Waals surface area contributed by atoms with Gasteiger partial charge >= 0.3 is 15.6 Å². The molecule has 0 fully saturated rings. The van der Waals surface area contributed by atoms with Gasteiger partial charge in [0.05, 0.1) is 6.26 Å². The summed E-state index contributed by atoms with van der Waals surface area (Å²) in [5.41, 5.74) is -4.64. The minimum Gasteiger partial charge on any atom is -0.376 e. The van der Waals surface area contributed by atoms with E-state index in [2.05, 4.69) is 25.0 Å². The Labute approximate surface area is 158 Å². The van der Waals surface area contributed by atoms with Gasteiger partial charge in [0.25, 0.3) is 10.1 Å². The Morgan fingerprint density at radius 3 is 1.59 bits per heavy atom. The fraction of sp³-hybridized carbons (Fsp3) is 0.625. The lowest BCUT2D eigenvalue weighted by Gasteiger charge is -2.33. The molecule has 0 saturated heterocycles. The van der Waals surface area contributed by atoms with Crippen LogP contribution in [0.5, 0.6) is 5.75 Å². The first kappa shape index (κ1) is 25.7. The van der Waals surface area contributed by atoms with Gasteiger partial charge in [0.2, 0.25) is 0 Å². The fourth-order valence-corrected chi connectivity index (χ4v) is 3.02. The van der Waals surface area contributed by atoms with Gasteiger partial charge in [0.1, 0.15) is 5.75 Å². The number of rotatable bonds is 4. The monoisotopic (exact) mass is 434 g/mol. The van der Waals surface area contributed by atoms with Crippen molar-refractivity contribution in [3.63, 3.8) is 0 Å². The second-order valence-corrected chi connectivity index (χ2v) is 10.9. The van der Waals surface area contributed by atoms with Crippen molar-refractivity contribution in [2.24, 2.45) is 5.41 Å². The van der Waals surface area contributed by atoms with Crippen molar-refractivity contribution >= 4 is 20.2 Å². The Hall–Kier alpha value is -1.33. The molecule has 0 aliphatic carbocycles. The predicted octanol–water partition coefficient (Wildman–Crippen LogP) is 4.13. The zero-order chi connectivity index (χ0) is 21.9. The van der Waals surface area contributed by atoms with E-state index in [9.17, 15) is 30.0 Å². The summed E-state index contributed by atoms with van der Waals surface area (Å²) >= 11 is 0. The average molecular weight is 434 g/mol. The van der Waals surface area contributed by atoms with Crippen molar-refractivity contribution in [1.82, 2.24) is 0 Å². The molecule has 0 spiro atoms. The fourth-order valence-electron chi connectivity index (χ4n) is 2.56. The van der Waals surface area contributed by atoms with Crippen molar-refractivity contribution in [2.45, 2.75) is 52.0 Å². The van der Waals surface area contributed by atoms with E-state index in [0.29, 0.717) is 6.26 Å². The third-order valence-electron chi connectivity index (χ3n) is 3.10. The summed E-state index contributed by atoms with van der Waals surface area (Å²) in [6.45, 7) is 10.4. The van der Waals surface area contributed by atoms with Crippen LogP contribution in [0.3, 0.4) is 0 Å². The minimum absolute atomic E-state index is 0.0816. The van der Waals surface area contributed by atoms with Crippen molar-refractivity contribution < 1.29 is 38.7 Å². The molecule has 0 amide bonds. The number of hydrogen-bond acceptors (Lipinski definition) is 5. The number of alkyl halides is 3. The van der Waals surface area contributed by atoms with Crippen LogP contribution in [-0.2, 0) is 25.7 Å². The van der Waals surface area contributed by atoms with Gasteiger partial charge in [-0.05, 0) is 34.9 Å². The first-order valence-corrected chi connectivity index (χ1v) is 10.9. The van der Waals surface area contributed by atoms with E-state index >= 15 is 0 Å². The molecule has 27 heavy (non-hydrogen) atoms. The Morgan fingerprint density at radius 2 is 1.30 bits per heavy atom. The molecule has 1 aromatic rings. The van der Waals surface area contributed by atoms with E-state index < -0.39 is 25.7 Å². The summed E-state index contributed by atoms with van der Waals surface area (Å²) in [6.07, 6.45) is 1.58. The van der Waals surface area contributed by atoms with Gasteiger partial charge in [-0.15, -0.1) is 0 Å². The zero-order valence-corrected chi connectivity index (χ0v) is 17.6. The van der Waals surface area contributed by atoms with Crippen LogP contribution in [0, 0.1) is 5.41 Å². The van der Waals surface area contributed by atoms with Crippen molar-refractivity contribution in [3.8, 4) is 5.75 Å². The quantitative estimate of drug-likeness (QED) is 0.435. The summed E-state index contributed by atoms with van der Waals surface area (Å²) in [6, 6.07) is 5.66. The van der Waals surface area contributed by atoms with E-state index in [-0.39, 0.29) is 16.6 Å². The van der Waals surface area contributed by atoms with Gasteiger partial charge in [-0.2, -0.15) is 30.0 Å². The standard InChI is InChI=1S/C15H21F3O3S.CH4O3S/c1-13(2,3)10-14(4,5)11-6-8-12(9-7-11)21-22(19,20)15(16,17)18;1-5(2,3)4/h6-9H,10H2,1-5H3;1H3,(H,2,3,4). The molecule has 1 rings (SSSR count). The maximum absolute atomic E-state index is 12.3. The second-order valence-electron chi connectivity index (χ2n) is 7.86. The third kappa shape index (κ3) is 10.5. The number of hydrogen-bond donors (Lipinski definition) is 1. The molecule has 0 atom stereocenters. The van der Waals surface area contributed by atoms with E-state index in [0.717, 1.165) is 12.0 Å². The maximum atomic E-state index is 12.3. The van der Waals surface area contributed by atoms with Gasteiger partial charge in [-0.1, -0.05) is 46.8 Å². The molecule has 158 valence electrons. The largest absolute Gasteiger partial charge is 0.534 e. The Morgan fingerprint density at radius 1 is 0.926 bits per heavy atom. The van der Waals surface area contributed by atoms with Crippen LogP contribution in [0.4, 0.5) is 13.2 Å². The lowest BCUT2D eigenvalue weighted by atomic mass is 9.72. The van der Waals surface area contributed by atoms with Gasteiger partial charge < -0.3 is 4.18 Å². The molecule has 0 aliphatic rings. The van der Waals surface area contributed by atoms with E-state index in [1.54, 1.807) is 12.1 Å². The van der Waals surface area contributed by atoms with Crippen molar-refractivity contribution in [1.29, 1.82) is 0 Å². The summed E-state index contributed by atoms with van der Waals surface area (Å²) in [4.78, 5) is 0. The van der Waals surface area contributed by atoms with Gasteiger partial charge in [-0.25, -0.2) is 0 Å². The highest BCUT2D eigenvalue weighted by Crippen LogP contribution is 2.37. The molecular formula is C16H25F3O6S2. The average Bonchev–Trinajstić information content (AvgIpc) is 2.32. The smallest absolute Gasteiger partial charge is 0.376 e. The van der Waals surface area contributed by atoms with Gasteiger partial charge in [-0.3, -0.25) is 4.55 Å². The molecule has 0 heterocycles. The van der Waals surface area contributed by atoms with Crippen molar-refractivity contribution in [2.75, 3.05) is 6.26 Å². The SMILES string of the molecule is CC(C)(C)CC(C)(C)c1ccc(OS(=O)(=O)C(F)(F)F)cc1.CS(=O)(=O)O. The molecule has 1 aromatic carbocycles. The molecule has 0 bridgehead atoms. The highest BCUT2D eigenvalue weighted by atomic mass is 32.2. The van der Waals surface area contributed by atoms with Crippen LogP contribution in [0.25, 0.3) is 0 Å². The third-order valence-corrected chi connectivity index (χ3v) is 4.08. The van der Waals surface area contributed by atoms with Gasteiger partial charge in [0.15, 0.2) is 0 Å². The molecule has 0 saturated carbocycles. The molecule has 0 aliphatic heterocycles. The molecule has 11 heteroatoms. The topological polar surface area (TPSA) is 97.7 Å². The summed E-state index contributed by atoms with van der Waals surface area (Å²) in [5.74, 6) is -0.354. The molecule has 0 aromatic heterocycles. The second kappa shape index (κ2) is 8.36. The van der Waals surface area contributed by atoms with Crippen LogP contribution >= 0.6 is 0 Å². The normalized spacial score (nSPS) is 13.6. The number of benzene rings is 1. The van der Waals surface area contributed by atoms with Gasteiger partial charge in [0, 0.05) is 0 Å². The summed E-state index contributed by atoms with van der Waals surface area (Å²) in [7, 11) is -9.29. The van der Waals surface area contributed by atoms with Crippen LogP contribution in [0.15, 0.2) is 24.3 Å². The van der Waals surface area contributed by atoms with Crippen molar-refractivity contribution in [3.05, 3.63) is 29.8 Å². The zero-order valence-electron chi connectivity index (χ0n) is 16.0. The summed E-state index contributed by atoms with van der Waals surface area (Å²) < 4.78 is 88.6.